The maximum Gasteiger partial charge on any atom is 0.0946 e. The zero-order valence-corrected chi connectivity index (χ0v) is 26.8. The predicted octanol–water partition coefficient (Wildman–Crippen LogP) is 3.66. The van der Waals surface area contributed by atoms with Gasteiger partial charge in [0, 0.05) is 81.6 Å². The Kier molecular flexibility index (Phi) is 24.5. The molecule has 5 aromatic heterocycles. The van der Waals surface area contributed by atoms with E-state index in [0.29, 0.717) is 19.6 Å². The number of rotatable bonds is 12. The van der Waals surface area contributed by atoms with Crippen LogP contribution in [0.2, 0.25) is 0 Å². The summed E-state index contributed by atoms with van der Waals surface area (Å²) in [5.41, 5.74) is 25.1. The molecule has 0 unspecified atom stereocenters. The van der Waals surface area contributed by atoms with E-state index in [1.165, 1.54) is 36.0 Å². The van der Waals surface area contributed by atoms with Crippen molar-refractivity contribution in [1.82, 2.24) is 34.1 Å². The fourth-order valence-corrected chi connectivity index (χ4v) is 3.62. The Morgan fingerprint density at radius 2 is 1.07 bits per heavy atom. The fraction of sp³-hybridized carbons (Fsp3) is 0.382. The summed E-state index contributed by atoms with van der Waals surface area (Å²) in [4.78, 5) is 19.5. The number of unbranched alkanes of at least 4 members (excludes halogenated alkanes) is 1. The fourth-order valence-electron chi connectivity index (χ4n) is 3.62. The summed E-state index contributed by atoms with van der Waals surface area (Å²) in [6, 6.07) is 12.1. The van der Waals surface area contributed by atoms with E-state index in [2.05, 4.69) is 44.0 Å². The van der Waals surface area contributed by atoms with Crippen LogP contribution in [0.5, 0.6) is 0 Å². The van der Waals surface area contributed by atoms with E-state index in [9.17, 15) is 0 Å². The second-order valence-electron chi connectivity index (χ2n) is 9.79. The molecule has 0 spiro atoms. The zero-order chi connectivity index (χ0) is 32.6. The van der Waals surface area contributed by atoms with Crippen LogP contribution in [0.3, 0.4) is 0 Å². The van der Waals surface area contributed by atoms with E-state index in [0.717, 1.165) is 38.9 Å². The van der Waals surface area contributed by atoms with E-state index in [4.69, 9.17) is 22.9 Å². The number of hydrogen-bond donors (Lipinski definition) is 4. The Morgan fingerprint density at radius 3 is 1.51 bits per heavy atom. The first kappa shape index (κ1) is 38.7. The summed E-state index contributed by atoms with van der Waals surface area (Å²) in [7, 11) is 0. The Hall–Kier alpha value is -4.29. The van der Waals surface area contributed by atoms with Gasteiger partial charge in [-0.1, -0.05) is 19.4 Å². The molecule has 0 aliphatic carbocycles. The van der Waals surface area contributed by atoms with Crippen molar-refractivity contribution in [3.05, 3.63) is 128 Å². The van der Waals surface area contributed by atoms with E-state index in [1.807, 2.05) is 64.4 Å². The molecule has 0 aliphatic heterocycles. The lowest BCUT2D eigenvalue weighted by Crippen LogP contribution is -2.07. The van der Waals surface area contributed by atoms with Gasteiger partial charge in [0.1, 0.15) is 0 Å². The number of pyridine rings is 3. The van der Waals surface area contributed by atoms with Crippen molar-refractivity contribution in [2.45, 2.75) is 58.5 Å². The first-order chi connectivity index (χ1) is 22.2. The second-order valence-corrected chi connectivity index (χ2v) is 9.79. The van der Waals surface area contributed by atoms with Gasteiger partial charge in [-0.3, -0.25) is 15.0 Å². The predicted molar refractivity (Wildman–Crippen MR) is 184 cm³/mol. The van der Waals surface area contributed by atoms with Crippen molar-refractivity contribution in [3.63, 3.8) is 0 Å². The molecule has 45 heavy (non-hydrogen) atoms. The van der Waals surface area contributed by atoms with Crippen LogP contribution in [0.4, 0.5) is 0 Å². The largest absolute Gasteiger partial charge is 0.337 e. The molecular weight excluding hydrogens is 562 g/mol. The summed E-state index contributed by atoms with van der Waals surface area (Å²) < 4.78 is 3.97. The van der Waals surface area contributed by atoms with Crippen molar-refractivity contribution in [2.24, 2.45) is 22.9 Å². The van der Waals surface area contributed by atoms with E-state index < -0.39 is 0 Å². The Bertz CT molecular complexity index is 1190. The lowest BCUT2D eigenvalue weighted by atomic mass is 10.1. The minimum atomic E-state index is 0.677. The highest BCUT2D eigenvalue weighted by molar-refractivity contribution is 5.10. The molecular formula is C34H53N11. The summed E-state index contributed by atoms with van der Waals surface area (Å²) in [6.07, 6.45) is 28.4. The third kappa shape index (κ3) is 22.0. The van der Waals surface area contributed by atoms with Crippen molar-refractivity contribution in [3.8, 4) is 0 Å². The summed E-state index contributed by atoms with van der Waals surface area (Å²) >= 11 is 0. The van der Waals surface area contributed by atoms with Gasteiger partial charge in [-0.05, 0) is 98.8 Å². The molecule has 5 rings (SSSR count). The molecule has 0 bridgehead atoms. The zero-order valence-electron chi connectivity index (χ0n) is 26.8. The standard InChI is InChI=1S/C9H13N.2C7H10N2.C6H11N3.C5H9N3/c1-2-3-4-9-5-7-10-8-6-9;8-4-1-7-2-5-9-6-3-7;8-4-3-7-2-1-5-9-6-7;7-2-1-4-9-5-3-8-6-9;6-1-3-8-4-2-7-5-8/h5-8H,2-4H2,1H3;2-3,5-6H,1,4,8H2;1-2,5-6H,3-4,8H2;3,5-6H,1-2,4,7H2;2,4-5H,1,3,6H2. The van der Waals surface area contributed by atoms with Crippen LogP contribution in [-0.2, 0) is 32.4 Å². The van der Waals surface area contributed by atoms with Gasteiger partial charge >= 0.3 is 0 Å². The number of nitrogens with two attached hydrogens (primary N) is 4. The van der Waals surface area contributed by atoms with Gasteiger partial charge in [-0.25, -0.2) is 9.97 Å². The molecule has 0 atom stereocenters. The number of nitrogens with zero attached hydrogens (tertiary/aromatic N) is 7. The monoisotopic (exact) mass is 615 g/mol. The maximum absolute atomic E-state index is 5.34. The number of aryl methyl sites for hydroxylation is 2. The highest BCUT2D eigenvalue weighted by Gasteiger charge is 1.89. The van der Waals surface area contributed by atoms with Gasteiger partial charge in [0.25, 0.3) is 0 Å². The average Bonchev–Trinajstić information content (AvgIpc) is 3.81. The summed E-state index contributed by atoms with van der Waals surface area (Å²) in [6.45, 7) is 6.89. The Balaban J connectivity index is 0.000000282. The van der Waals surface area contributed by atoms with Gasteiger partial charge in [0.2, 0.25) is 0 Å². The number of hydrogen-bond acceptors (Lipinski definition) is 9. The SMILES string of the molecule is CCCCc1ccncc1.NCCCn1ccnc1.NCCc1cccnc1.NCCc1ccncc1.NCCn1ccnc1. The third-order valence-corrected chi connectivity index (χ3v) is 6.03. The highest BCUT2D eigenvalue weighted by Crippen LogP contribution is 2.02. The van der Waals surface area contributed by atoms with Crippen molar-refractivity contribution < 1.29 is 0 Å². The highest BCUT2D eigenvalue weighted by atomic mass is 15.0. The molecule has 5 heterocycles. The molecule has 5 aromatic rings. The molecule has 0 amide bonds. The molecule has 0 fully saturated rings. The molecule has 11 nitrogen and oxygen atoms in total. The second kappa shape index (κ2) is 28.5. The van der Waals surface area contributed by atoms with Gasteiger partial charge in [-0.15, -0.1) is 0 Å². The van der Waals surface area contributed by atoms with Crippen LogP contribution >= 0.6 is 0 Å². The van der Waals surface area contributed by atoms with Crippen LogP contribution in [0, 0.1) is 0 Å². The van der Waals surface area contributed by atoms with Crippen LogP contribution < -0.4 is 22.9 Å². The van der Waals surface area contributed by atoms with Gasteiger partial charge < -0.3 is 32.1 Å². The number of aromatic nitrogens is 7. The third-order valence-electron chi connectivity index (χ3n) is 6.03. The molecule has 244 valence electrons. The van der Waals surface area contributed by atoms with Gasteiger partial charge in [0.05, 0.1) is 12.7 Å². The van der Waals surface area contributed by atoms with Crippen LogP contribution in [-0.4, -0.2) is 60.2 Å². The average molecular weight is 616 g/mol. The van der Waals surface area contributed by atoms with E-state index in [1.54, 1.807) is 43.6 Å². The minimum Gasteiger partial charge on any atom is -0.337 e. The van der Waals surface area contributed by atoms with Gasteiger partial charge in [-0.2, -0.15) is 0 Å². The van der Waals surface area contributed by atoms with Crippen molar-refractivity contribution in [1.29, 1.82) is 0 Å². The molecule has 0 saturated carbocycles. The molecule has 8 N–H and O–H groups in total. The minimum absolute atomic E-state index is 0.677. The molecule has 0 aliphatic rings. The van der Waals surface area contributed by atoms with E-state index >= 15 is 0 Å². The lowest BCUT2D eigenvalue weighted by Gasteiger charge is -1.96. The van der Waals surface area contributed by atoms with Crippen LogP contribution in [0.25, 0.3) is 0 Å². The van der Waals surface area contributed by atoms with Crippen molar-refractivity contribution >= 4 is 0 Å². The molecule has 0 aromatic carbocycles. The normalized spacial score (nSPS) is 9.62. The quantitative estimate of drug-likeness (QED) is 0.163. The summed E-state index contributed by atoms with van der Waals surface area (Å²) in [5.74, 6) is 0. The topological polar surface area (TPSA) is 178 Å². The smallest absolute Gasteiger partial charge is 0.0946 e. The summed E-state index contributed by atoms with van der Waals surface area (Å²) in [5, 5.41) is 0. The molecule has 0 saturated heterocycles. The molecule has 11 heteroatoms. The molecule has 0 radical (unpaired) electrons. The number of imidazole rings is 2. The van der Waals surface area contributed by atoms with Gasteiger partial charge in [0.15, 0.2) is 0 Å². The first-order valence-corrected chi connectivity index (χ1v) is 15.5. The van der Waals surface area contributed by atoms with Crippen molar-refractivity contribution in [2.75, 3.05) is 26.2 Å². The Morgan fingerprint density at radius 1 is 0.511 bits per heavy atom. The van der Waals surface area contributed by atoms with Crippen LogP contribution in [0.1, 0.15) is 42.9 Å². The maximum atomic E-state index is 5.34. The first-order valence-electron chi connectivity index (χ1n) is 15.5. The lowest BCUT2D eigenvalue weighted by molar-refractivity contribution is 0.650. The van der Waals surface area contributed by atoms with Crippen LogP contribution in [0.15, 0.2) is 111 Å². The van der Waals surface area contributed by atoms with E-state index in [-0.39, 0.29) is 0 Å². The Labute approximate surface area is 269 Å².